The number of aliphatic hydroxyl groups excluding tert-OH is 1. The number of hydrogen-bond donors (Lipinski definition) is 1. The molecule has 1 aliphatic rings. The second-order valence-electron chi connectivity index (χ2n) is 5.77. The van der Waals surface area contributed by atoms with Crippen molar-refractivity contribution in [2.75, 3.05) is 19.6 Å². The Bertz CT molecular complexity index is 172. The highest BCUT2D eigenvalue weighted by Crippen LogP contribution is 2.24. The zero-order chi connectivity index (χ0) is 12.0. The van der Waals surface area contributed by atoms with Crippen LogP contribution in [0.25, 0.3) is 0 Å². The van der Waals surface area contributed by atoms with Crippen LogP contribution in [-0.4, -0.2) is 35.7 Å². The molecule has 1 N–H and O–H groups in total. The van der Waals surface area contributed by atoms with Crippen LogP contribution in [0.5, 0.6) is 0 Å². The summed E-state index contributed by atoms with van der Waals surface area (Å²) in [4.78, 5) is 2.60. The Balaban J connectivity index is 2.04. The van der Waals surface area contributed by atoms with E-state index in [1.807, 2.05) is 6.92 Å². The highest BCUT2D eigenvalue weighted by molar-refractivity contribution is 4.74. The van der Waals surface area contributed by atoms with Crippen LogP contribution in [0.1, 0.15) is 52.9 Å². The van der Waals surface area contributed by atoms with Gasteiger partial charge in [0.2, 0.25) is 0 Å². The molecule has 1 atom stereocenters. The quantitative estimate of drug-likeness (QED) is 0.705. The van der Waals surface area contributed by atoms with Crippen LogP contribution in [0.3, 0.4) is 0 Å². The first kappa shape index (κ1) is 14.0. The number of unbranched alkanes of at least 4 members (excludes halogenated alkanes) is 1. The van der Waals surface area contributed by atoms with Gasteiger partial charge in [-0.05, 0) is 70.5 Å². The average Bonchev–Trinajstić information content (AvgIpc) is 2.25. The van der Waals surface area contributed by atoms with Gasteiger partial charge < -0.3 is 10.0 Å². The second kappa shape index (κ2) is 7.29. The summed E-state index contributed by atoms with van der Waals surface area (Å²) in [5.74, 6) is 1.81. The zero-order valence-electron chi connectivity index (χ0n) is 11.3. The van der Waals surface area contributed by atoms with Crippen LogP contribution < -0.4 is 0 Å². The van der Waals surface area contributed by atoms with Gasteiger partial charge in [-0.3, -0.25) is 0 Å². The van der Waals surface area contributed by atoms with Crippen molar-refractivity contribution >= 4 is 0 Å². The minimum atomic E-state index is -0.119. The summed E-state index contributed by atoms with van der Waals surface area (Å²) < 4.78 is 0. The third kappa shape index (κ3) is 5.31. The predicted octanol–water partition coefficient (Wildman–Crippen LogP) is 2.91. The molecule has 96 valence electrons. The normalized spacial score (nSPS) is 21.6. The molecule has 1 saturated heterocycles. The molecule has 1 unspecified atom stereocenters. The molecule has 0 saturated carbocycles. The second-order valence-corrected chi connectivity index (χ2v) is 5.77. The fourth-order valence-electron chi connectivity index (χ4n) is 2.62. The molecule has 0 bridgehead atoms. The third-order valence-electron chi connectivity index (χ3n) is 3.92. The molecule has 0 aromatic rings. The molecule has 2 heteroatoms. The smallest absolute Gasteiger partial charge is 0.0512 e. The molecule has 1 heterocycles. The van der Waals surface area contributed by atoms with E-state index in [4.69, 9.17) is 0 Å². The highest BCUT2D eigenvalue weighted by atomic mass is 16.3. The van der Waals surface area contributed by atoms with Gasteiger partial charge in [0.1, 0.15) is 0 Å². The van der Waals surface area contributed by atoms with Crippen LogP contribution in [0.2, 0.25) is 0 Å². The molecule has 1 aliphatic heterocycles. The van der Waals surface area contributed by atoms with Crippen LogP contribution in [0.15, 0.2) is 0 Å². The van der Waals surface area contributed by atoms with Gasteiger partial charge in [0.05, 0.1) is 6.10 Å². The average molecular weight is 227 g/mol. The van der Waals surface area contributed by atoms with Crippen molar-refractivity contribution in [3.8, 4) is 0 Å². The number of hydrogen-bond acceptors (Lipinski definition) is 2. The Kier molecular flexibility index (Phi) is 6.37. The van der Waals surface area contributed by atoms with Crippen molar-refractivity contribution in [2.24, 2.45) is 11.8 Å². The van der Waals surface area contributed by atoms with Gasteiger partial charge in [-0.1, -0.05) is 13.8 Å². The first-order valence-electron chi connectivity index (χ1n) is 7.00. The van der Waals surface area contributed by atoms with Crippen molar-refractivity contribution in [1.82, 2.24) is 4.90 Å². The van der Waals surface area contributed by atoms with E-state index in [1.165, 1.54) is 45.3 Å². The summed E-state index contributed by atoms with van der Waals surface area (Å²) >= 11 is 0. The molecule has 1 fully saturated rings. The van der Waals surface area contributed by atoms with Crippen molar-refractivity contribution < 1.29 is 5.11 Å². The summed E-state index contributed by atoms with van der Waals surface area (Å²) in [6.45, 7) is 10.4. The number of nitrogens with zero attached hydrogens (tertiary/aromatic N) is 1. The Hall–Kier alpha value is -0.0800. The molecule has 16 heavy (non-hydrogen) atoms. The molecular weight excluding hydrogens is 198 g/mol. The third-order valence-corrected chi connectivity index (χ3v) is 3.92. The van der Waals surface area contributed by atoms with Crippen molar-refractivity contribution in [1.29, 1.82) is 0 Å². The van der Waals surface area contributed by atoms with Gasteiger partial charge in [-0.25, -0.2) is 0 Å². The summed E-state index contributed by atoms with van der Waals surface area (Å²) in [5.41, 5.74) is 0. The lowest BCUT2D eigenvalue weighted by Gasteiger charge is -2.33. The molecule has 0 aromatic heterocycles. The van der Waals surface area contributed by atoms with Gasteiger partial charge in [0.25, 0.3) is 0 Å². The van der Waals surface area contributed by atoms with E-state index in [0.29, 0.717) is 0 Å². The van der Waals surface area contributed by atoms with E-state index >= 15 is 0 Å². The fraction of sp³-hybridized carbons (Fsp3) is 1.00. The first-order chi connectivity index (χ1) is 7.59. The SMILES string of the molecule is CC(O)CCCCN1CCC(C(C)C)CC1. The molecular formula is C14H29NO. The lowest BCUT2D eigenvalue weighted by molar-refractivity contribution is 0.149. The van der Waals surface area contributed by atoms with Crippen molar-refractivity contribution in [3.63, 3.8) is 0 Å². The maximum absolute atomic E-state index is 9.17. The summed E-state index contributed by atoms with van der Waals surface area (Å²) in [5, 5.41) is 9.17. The maximum Gasteiger partial charge on any atom is 0.0512 e. The standard InChI is InChI=1S/C14H29NO/c1-12(2)14-7-10-15(11-8-14)9-5-4-6-13(3)16/h12-14,16H,4-11H2,1-3H3. The van der Waals surface area contributed by atoms with Crippen molar-refractivity contribution in [3.05, 3.63) is 0 Å². The molecule has 0 aliphatic carbocycles. The van der Waals surface area contributed by atoms with Gasteiger partial charge in [-0.15, -0.1) is 0 Å². The number of likely N-dealkylation sites (tertiary alicyclic amines) is 1. The van der Waals surface area contributed by atoms with Crippen molar-refractivity contribution in [2.45, 2.75) is 59.0 Å². The highest BCUT2D eigenvalue weighted by Gasteiger charge is 2.20. The predicted molar refractivity (Wildman–Crippen MR) is 69.5 cm³/mol. The number of aliphatic hydroxyl groups is 1. The number of rotatable bonds is 6. The van der Waals surface area contributed by atoms with E-state index in [-0.39, 0.29) is 6.10 Å². The first-order valence-corrected chi connectivity index (χ1v) is 7.00. The molecule has 0 amide bonds. The molecule has 2 nitrogen and oxygen atoms in total. The monoisotopic (exact) mass is 227 g/mol. The summed E-state index contributed by atoms with van der Waals surface area (Å²) in [7, 11) is 0. The van der Waals surface area contributed by atoms with Crippen LogP contribution >= 0.6 is 0 Å². The Morgan fingerprint density at radius 3 is 2.25 bits per heavy atom. The van der Waals surface area contributed by atoms with Crippen LogP contribution in [-0.2, 0) is 0 Å². The summed E-state index contributed by atoms with van der Waals surface area (Å²) in [6.07, 6.45) is 6.02. The molecule has 0 spiro atoms. The number of piperidine rings is 1. The molecule has 0 radical (unpaired) electrons. The van der Waals surface area contributed by atoms with E-state index in [0.717, 1.165) is 18.3 Å². The minimum Gasteiger partial charge on any atom is -0.393 e. The minimum absolute atomic E-state index is 0.119. The molecule has 0 aromatic carbocycles. The van der Waals surface area contributed by atoms with Crippen LogP contribution in [0.4, 0.5) is 0 Å². The lowest BCUT2D eigenvalue weighted by atomic mass is 9.87. The molecule has 1 rings (SSSR count). The lowest BCUT2D eigenvalue weighted by Crippen LogP contribution is -2.35. The summed E-state index contributed by atoms with van der Waals surface area (Å²) in [6, 6.07) is 0. The van der Waals surface area contributed by atoms with E-state index in [9.17, 15) is 5.11 Å². The van der Waals surface area contributed by atoms with E-state index in [2.05, 4.69) is 18.7 Å². The zero-order valence-corrected chi connectivity index (χ0v) is 11.3. The van der Waals surface area contributed by atoms with Gasteiger partial charge in [0, 0.05) is 0 Å². The van der Waals surface area contributed by atoms with E-state index < -0.39 is 0 Å². The fourth-order valence-corrected chi connectivity index (χ4v) is 2.62. The van der Waals surface area contributed by atoms with E-state index in [1.54, 1.807) is 0 Å². The van der Waals surface area contributed by atoms with Gasteiger partial charge >= 0.3 is 0 Å². The Morgan fingerprint density at radius 2 is 1.75 bits per heavy atom. The Labute approximate surface area is 101 Å². The largest absolute Gasteiger partial charge is 0.393 e. The van der Waals surface area contributed by atoms with Gasteiger partial charge in [0.15, 0.2) is 0 Å². The maximum atomic E-state index is 9.17. The van der Waals surface area contributed by atoms with Crippen LogP contribution in [0, 0.1) is 11.8 Å². The topological polar surface area (TPSA) is 23.5 Å². The Morgan fingerprint density at radius 1 is 1.12 bits per heavy atom. The van der Waals surface area contributed by atoms with Gasteiger partial charge in [-0.2, -0.15) is 0 Å².